The van der Waals surface area contributed by atoms with Crippen LogP contribution in [0.5, 0.6) is 0 Å². The van der Waals surface area contributed by atoms with Crippen LogP contribution in [-0.2, 0) is 14.3 Å². The normalized spacial score (nSPS) is 25.1. The maximum atomic E-state index is 12.7. The second kappa shape index (κ2) is 8.20. The molecule has 3 nitrogen and oxygen atoms in total. The summed E-state index contributed by atoms with van der Waals surface area (Å²) in [6.07, 6.45) is 0.974. The third-order valence-corrected chi connectivity index (χ3v) is 6.51. The van der Waals surface area contributed by atoms with E-state index < -0.39 is 5.92 Å². The monoisotopic (exact) mass is 304 g/mol. The predicted octanol–water partition coefficient (Wildman–Crippen LogP) is 3.02. The maximum absolute atomic E-state index is 12.7. The molecule has 0 N–H and O–H groups in total. The molecule has 1 fully saturated rings. The second-order valence-corrected chi connectivity index (χ2v) is 7.58. The molecule has 0 aliphatic carbocycles. The second-order valence-electron chi connectivity index (χ2n) is 4.98. The highest BCUT2D eigenvalue weighted by atomic mass is 32.2. The van der Waals surface area contributed by atoms with Crippen LogP contribution in [0, 0.1) is 11.8 Å². The van der Waals surface area contributed by atoms with E-state index in [-0.39, 0.29) is 22.9 Å². The zero-order valence-corrected chi connectivity index (χ0v) is 13.8. The van der Waals surface area contributed by atoms with Gasteiger partial charge in [0.25, 0.3) is 0 Å². The molecule has 19 heavy (non-hydrogen) atoms. The molecule has 0 bridgehead atoms. The van der Waals surface area contributed by atoms with Gasteiger partial charge in [0.2, 0.25) is 0 Å². The van der Waals surface area contributed by atoms with Crippen LogP contribution >= 0.6 is 23.5 Å². The number of ketones is 1. The first-order valence-corrected chi connectivity index (χ1v) is 9.06. The Bertz CT molecular complexity index is 318. The lowest BCUT2D eigenvalue weighted by molar-refractivity contribution is -0.153. The molecule has 0 aromatic rings. The molecule has 0 radical (unpaired) electrons. The lowest BCUT2D eigenvalue weighted by Crippen LogP contribution is -2.42. The quantitative estimate of drug-likeness (QED) is 0.557. The molecule has 1 aliphatic rings. The molecule has 3 unspecified atom stereocenters. The van der Waals surface area contributed by atoms with Gasteiger partial charge in [0.15, 0.2) is 5.78 Å². The standard InChI is InChI=1S/C14H24O3S2/c1-5-10-13(19-8-7-18-10)12(15)11(9(3)4)14(16)17-6-2/h9-11,13H,5-8H2,1-4H3. The number of ether oxygens (including phenoxy) is 1. The number of carbonyl (C=O) groups is 2. The summed E-state index contributed by atoms with van der Waals surface area (Å²) in [5.74, 6) is 1.19. The Balaban J connectivity index is 2.83. The Labute approximate surface area is 124 Å². The van der Waals surface area contributed by atoms with E-state index in [9.17, 15) is 9.59 Å². The molecule has 1 rings (SSSR count). The highest BCUT2D eigenvalue weighted by Crippen LogP contribution is 2.36. The lowest BCUT2D eigenvalue weighted by atomic mass is 9.88. The Hall–Kier alpha value is -0.160. The van der Waals surface area contributed by atoms with Crippen LogP contribution in [0.4, 0.5) is 0 Å². The number of carbonyl (C=O) groups excluding carboxylic acids is 2. The summed E-state index contributed by atoms with van der Waals surface area (Å²) in [5, 5.41) is 0.280. The van der Waals surface area contributed by atoms with Crippen molar-refractivity contribution in [2.24, 2.45) is 11.8 Å². The molecule has 0 aromatic carbocycles. The van der Waals surface area contributed by atoms with Crippen LogP contribution in [0.2, 0.25) is 0 Å². The maximum Gasteiger partial charge on any atom is 0.316 e. The van der Waals surface area contributed by atoms with Crippen LogP contribution in [0.1, 0.15) is 34.1 Å². The van der Waals surface area contributed by atoms with Gasteiger partial charge in [0.05, 0.1) is 11.9 Å². The Kier molecular flexibility index (Phi) is 7.29. The van der Waals surface area contributed by atoms with Crippen molar-refractivity contribution in [1.29, 1.82) is 0 Å². The van der Waals surface area contributed by atoms with Crippen molar-refractivity contribution in [3.63, 3.8) is 0 Å². The minimum absolute atomic E-state index is 0.00316. The highest BCUT2D eigenvalue weighted by molar-refractivity contribution is 8.07. The van der Waals surface area contributed by atoms with Gasteiger partial charge in [-0.2, -0.15) is 11.8 Å². The highest BCUT2D eigenvalue weighted by Gasteiger charge is 2.40. The van der Waals surface area contributed by atoms with E-state index in [1.807, 2.05) is 25.6 Å². The minimum Gasteiger partial charge on any atom is -0.465 e. The molecule has 1 heterocycles. The fourth-order valence-electron chi connectivity index (χ4n) is 2.29. The predicted molar refractivity (Wildman–Crippen MR) is 82.8 cm³/mol. The number of hydrogen-bond acceptors (Lipinski definition) is 5. The summed E-state index contributed by atoms with van der Waals surface area (Å²) in [7, 11) is 0. The largest absolute Gasteiger partial charge is 0.465 e. The Morgan fingerprint density at radius 2 is 1.84 bits per heavy atom. The van der Waals surface area contributed by atoms with Crippen LogP contribution < -0.4 is 0 Å². The molecule has 0 amide bonds. The number of esters is 1. The van der Waals surface area contributed by atoms with E-state index in [2.05, 4.69) is 6.92 Å². The van der Waals surface area contributed by atoms with Crippen molar-refractivity contribution < 1.29 is 14.3 Å². The summed E-state index contributed by atoms with van der Waals surface area (Å²) in [4.78, 5) is 24.7. The zero-order chi connectivity index (χ0) is 14.4. The van der Waals surface area contributed by atoms with E-state index in [0.717, 1.165) is 17.9 Å². The van der Waals surface area contributed by atoms with Gasteiger partial charge in [-0.15, -0.1) is 11.8 Å². The smallest absolute Gasteiger partial charge is 0.316 e. The van der Waals surface area contributed by atoms with Gasteiger partial charge < -0.3 is 4.74 Å². The van der Waals surface area contributed by atoms with Gasteiger partial charge in [0, 0.05) is 16.8 Å². The molecule has 0 aromatic heterocycles. The van der Waals surface area contributed by atoms with Crippen molar-refractivity contribution in [2.75, 3.05) is 18.1 Å². The van der Waals surface area contributed by atoms with Crippen molar-refractivity contribution in [3.8, 4) is 0 Å². The van der Waals surface area contributed by atoms with Gasteiger partial charge in [-0.3, -0.25) is 9.59 Å². The molecule has 110 valence electrons. The number of thioether (sulfide) groups is 2. The van der Waals surface area contributed by atoms with Crippen LogP contribution in [0.25, 0.3) is 0 Å². The zero-order valence-electron chi connectivity index (χ0n) is 12.2. The van der Waals surface area contributed by atoms with Gasteiger partial charge >= 0.3 is 5.97 Å². The van der Waals surface area contributed by atoms with E-state index in [0.29, 0.717) is 11.9 Å². The van der Waals surface area contributed by atoms with Crippen molar-refractivity contribution in [1.82, 2.24) is 0 Å². The first-order chi connectivity index (χ1) is 9.02. The van der Waals surface area contributed by atoms with Crippen LogP contribution in [-0.4, -0.2) is 40.4 Å². The summed E-state index contributed by atoms with van der Waals surface area (Å²) in [6, 6.07) is 0. The molecule has 0 saturated carbocycles. The average Bonchev–Trinajstić information content (AvgIpc) is 2.38. The summed E-state index contributed by atoms with van der Waals surface area (Å²) in [5.41, 5.74) is 0. The molecular formula is C14H24O3S2. The van der Waals surface area contributed by atoms with Crippen molar-refractivity contribution in [3.05, 3.63) is 0 Å². The Morgan fingerprint density at radius 1 is 1.21 bits per heavy atom. The Morgan fingerprint density at radius 3 is 2.37 bits per heavy atom. The fraction of sp³-hybridized carbons (Fsp3) is 0.857. The molecule has 5 heteroatoms. The van der Waals surface area contributed by atoms with Crippen LogP contribution in [0.3, 0.4) is 0 Å². The first kappa shape index (κ1) is 16.9. The first-order valence-electron chi connectivity index (χ1n) is 6.96. The number of hydrogen-bond donors (Lipinski definition) is 0. The minimum atomic E-state index is -0.606. The van der Waals surface area contributed by atoms with Crippen molar-refractivity contribution >= 4 is 35.3 Å². The number of rotatable bonds is 6. The van der Waals surface area contributed by atoms with Gasteiger partial charge in [-0.1, -0.05) is 20.8 Å². The van der Waals surface area contributed by atoms with Gasteiger partial charge in [0.1, 0.15) is 5.92 Å². The fourth-order valence-corrected chi connectivity index (χ4v) is 5.35. The SMILES string of the molecule is CCOC(=O)C(C(=O)C1SCCSC1CC)C(C)C. The van der Waals surface area contributed by atoms with Crippen molar-refractivity contribution in [2.45, 2.75) is 44.6 Å². The number of Topliss-reactive ketones (excluding diaryl/α,β-unsaturated/α-hetero) is 1. The van der Waals surface area contributed by atoms with Crippen LogP contribution in [0.15, 0.2) is 0 Å². The average molecular weight is 304 g/mol. The molecule has 3 atom stereocenters. The van der Waals surface area contributed by atoms with Gasteiger partial charge in [-0.25, -0.2) is 0 Å². The molecule has 1 saturated heterocycles. The topological polar surface area (TPSA) is 43.4 Å². The van der Waals surface area contributed by atoms with E-state index in [1.54, 1.807) is 18.7 Å². The van der Waals surface area contributed by atoms with Gasteiger partial charge in [-0.05, 0) is 19.3 Å². The summed E-state index contributed by atoms with van der Waals surface area (Å²) < 4.78 is 5.07. The third kappa shape index (κ3) is 4.42. The summed E-state index contributed by atoms with van der Waals surface area (Å²) in [6.45, 7) is 8.06. The third-order valence-electron chi connectivity index (χ3n) is 3.25. The summed E-state index contributed by atoms with van der Waals surface area (Å²) >= 11 is 3.57. The van der Waals surface area contributed by atoms with E-state index >= 15 is 0 Å². The lowest BCUT2D eigenvalue weighted by Gasteiger charge is -2.31. The molecule has 1 aliphatic heterocycles. The molecular weight excluding hydrogens is 280 g/mol. The molecule has 0 spiro atoms. The van der Waals surface area contributed by atoms with E-state index in [1.165, 1.54) is 0 Å². The van der Waals surface area contributed by atoms with E-state index in [4.69, 9.17) is 4.74 Å².